The first-order chi connectivity index (χ1) is 7.27. The maximum atomic E-state index is 3.91. The van der Waals surface area contributed by atoms with Gasteiger partial charge in [-0.3, -0.25) is 0 Å². The van der Waals surface area contributed by atoms with Gasteiger partial charge in [-0.25, -0.2) is 4.68 Å². The van der Waals surface area contributed by atoms with Crippen molar-refractivity contribution in [2.75, 3.05) is 6.54 Å². The Bertz CT molecular complexity index is 349. The molecule has 4 heteroatoms. The molecule has 0 atom stereocenters. The van der Waals surface area contributed by atoms with Crippen molar-refractivity contribution >= 4 is 5.57 Å². The lowest BCUT2D eigenvalue weighted by Crippen LogP contribution is -2.16. The van der Waals surface area contributed by atoms with Gasteiger partial charge in [0.2, 0.25) is 0 Å². The van der Waals surface area contributed by atoms with Gasteiger partial charge in [-0.05, 0) is 38.3 Å². The van der Waals surface area contributed by atoms with E-state index in [0.717, 1.165) is 24.7 Å². The fourth-order valence-corrected chi connectivity index (χ4v) is 1.61. The van der Waals surface area contributed by atoms with Crippen molar-refractivity contribution in [2.45, 2.75) is 32.2 Å². The highest BCUT2D eigenvalue weighted by Crippen LogP contribution is 2.18. The maximum Gasteiger partial charge on any atom is 0.0835 e. The van der Waals surface area contributed by atoms with Crippen LogP contribution in [0.15, 0.2) is 12.3 Å². The SMILES string of the molecule is CC(=CCCNC1CC1)c1cnnn1C. The highest BCUT2D eigenvalue weighted by Gasteiger charge is 2.19. The largest absolute Gasteiger partial charge is 0.314 e. The van der Waals surface area contributed by atoms with Crippen LogP contribution in [0.25, 0.3) is 5.57 Å². The van der Waals surface area contributed by atoms with E-state index >= 15 is 0 Å². The van der Waals surface area contributed by atoms with E-state index in [-0.39, 0.29) is 0 Å². The van der Waals surface area contributed by atoms with Crippen molar-refractivity contribution in [3.05, 3.63) is 18.0 Å². The minimum absolute atomic E-state index is 0.803. The average molecular weight is 206 g/mol. The van der Waals surface area contributed by atoms with E-state index in [1.807, 2.05) is 7.05 Å². The van der Waals surface area contributed by atoms with Crippen molar-refractivity contribution in [1.29, 1.82) is 0 Å². The zero-order chi connectivity index (χ0) is 10.7. The van der Waals surface area contributed by atoms with Gasteiger partial charge in [-0.15, -0.1) is 5.10 Å². The number of hydrogen-bond donors (Lipinski definition) is 1. The van der Waals surface area contributed by atoms with Gasteiger partial charge in [0, 0.05) is 13.1 Å². The zero-order valence-electron chi connectivity index (χ0n) is 9.40. The molecule has 0 aliphatic heterocycles. The summed E-state index contributed by atoms with van der Waals surface area (Å²) in [6.45, 7) is 3.18. The van der Waals surface area contributed by atoms with Crippen LogP contribution in [-0.2, 0) is 7.05 Å². The standard InChI is InChI=1S/C11H18N4/c1-9(11-8-13-14-15(11)2)4-3-7-12-10-5-6-10/h4,8,10,12H,3,5-7H2,1-2H3. The van der Waals surface area contributed by atoms with Gasteiger partial charge in [0.1, 0.15) is 0 Å². The number of allylic oxidation sites excluding steroid dienone is 1. The molecule has 4 nitrogen and oxygen atoms in total. The van der Waals surface area contributed by atoms with Gasteiger partial charge >= 0.3 is 0 Å². The van der Waals surface area contributed by atoms with Crippen LogP contribution in [0, 0.1) is 0 Å². The maximum absolute atomic E-state index is 3.91. The van der Waals surface area contributed by atoms with E-state index in [1.165, 1.54) is 18.4 Å². The fraction of sp³-hybridized carbons (Fsp3) is 0.636. The molecular formula is C11H18N4. The summed E-state index contributed by atoms with van der Waals surface area (Å²) >= 11 is 0. The molecule has 1 heterocycles. The second kappa shape index (κ2) is 4.57. The third-order valence-electron chi connectivity index (χ3n) is 2.72. The molecule has 0 amide bonds. The van der Waals surface area contributed by atoms with Crippen LogP contribution in [0.3, 0.4) is 0 Å². The van der Waals surface area contributed by atoms with Gasteiger partial charge in [-0.1, -0.05) is 11.3 Å². The molecule has 1 aromatic rings. The summed E-state index contributed by atoms with van der Waals surface area (Å²) < 4.78 is 1.81. The van der Waals surface area contributed by atoms with Crippen LogP contribution >= 0.6 is 0 Å². The quantitative estimate of drug-likeness (QED) is 0.740. The summed E-state index contributed by atoms with van der Waals surface area (Å²) in [6.07, 6.45) is 7.84. The summed E-state index contributed by atoms with van der Waals surface area (Å²) in [6, 6.07) is 0.803. The van der Waals surface area contributed by atoms with E-state index in [0.29, 0.717) is 0 Å². The van der Waals surface area contributed by atoms with Crippen LogP contribution in [0.4, 0.5) is 0 Å². The molecule has 1 aliphatic carbocycles. The summed E-state index contributed by atoms with van der Waals surface area (Å²) in [5, 5.41) is 11.3. The third kappa shape index (κ3) is 2.89. The first kappa shape index (κ1) is 10.4. The molecule has 1 aliphatic rings. The molecule has 0 aromatic carbocycles. The average Bonchev–Trinajstić information content (AvgIpc) is 2.94. The Balaban J connectivity index is 1.81. The third-order valence-corrected chi connectivity index (χ3v) is 2.72. The van der Waals surface area contributed by atoms with Crippen LogP contribution in [0.2, 0.25) is 0 Å². The molecule has 15 heavy (non-hydrogen) atoms. The van der Waals surface area contributed by atoms with E-state index in [4.69, 9.17) is 0 Å². The first-order valence-corrected chi connectivity index (χ1v) is 5.52. The zero-order valence-corrected chi connectivity index (χ0v) is 9.40. The minimum Gasteiger partial charge on any atom is -0.314 e. The first-order valence-electron chi connectivity index (χ1n) is 5.52. The smallest absolute Gasteiger partial charge is 0.0835 e. The summed E-state index contributed by atoms with van der Waals surface area (Å²) in [7, 11) is 1.92. The van der Waals surface area contributed by atoms with Crippen molar-refractivity contribution < 1.29 is 0 Å². The van der Waals surface area contributed by atoms with Gasteiger partial charge in [0.05, 0.1) is 11.9 Å². The highest BCUT2D eigenvalue weighted by atomic mass is 15.4. The molecule has 2 rings (SSSR count). The Morgan fingerprint density at radius 1 is 1.67 bits per heavy atom. The normalized spacial score (nSPS) is 17.1. The predicted octanol–water partition coefficient (Wildman–Crippen LogP) is 1.36. The Kier molecular flexibility index (Phi) is 3.16. The molecule has 1 N–H and O–H groups in total. The van der Waals surface area contributed by atoms with Crippen LogP contribution in [0.5, 0.6) is 0 Å². The Labute approximate surface area is 90.4 Å². The molecule has 1 saturated carbocycles. The van der Waals surface area contributed by atoms with Crippen LogP contribution < -0.4 is 5.32 Å². The summed E-state index contributed by atoms with van der Waals surface area (Å²) in [5.74, 6) is 0. The highest BCUT2D eigenvalue weighted by molar-refractivity contribution is 5.59. The van der Waals surface area contributed by atoms with E-state index in [2.05, 4.69) is 28.6 Å². The van der Waals surface area contributed by atoms with Crippen LogP contribution in [-0.4, -0.2) is 27.6 Å². The molecule has 1 fully saturated rings. The second-order valence-corrected chi connectivity index (χ2v) is 4.15. The van der Waals surface area contributed by atoms with Crippen molar-refractivity contribution in [1.82, 2.24) is 20.3 Å². The van der Waals surface area contributed by atoms with E-state index in [9.17, 15) is 0 Å². The lowest BCUT2D eigenvalue weighted by Gasteiger charge is -2.02. The Hall–Kier alpha value is -1.16. The number of aryl methyl sites for hydroxylation is 1. The van der Waals surface area contributed by atoms with Crippen molar-refractivity contribution in [3.8, 4) is 0 Å². The molecule has 1 aromatic heterocycles. The fourth-order valence-electron chi connectivity index (χ4n) is 1.61. The monoisotopic (exact) mass is 206 g/mol. The number of nitrogens with one attached hydrogen (secondary N) is 1. The van der Waals surface area contributed by atoms with Gasteiger partial charge in [0.15, 0.2) is 0 Å². The van der Waals surface area contributed by atoms with Gasteiger partial charge in [0.25, 0.3) is 0 Å². The Morgan fingerprint density at radius 3 is 3.07 bits per heavy atom. The minimum atomic E-state index is 0.803. The van der Waals surface area contributed by atoms with Gasteiger partial charge in [-0.2, -0.15) is 0 Å². The molecule has 0 radical (unpaired) electrons. The topological polar surface area (TPSA) is 42.7 Å². The number of hydrogen-bond acceptors (Lipinski definition) is 3. The number of rotatable bonds is 5. The number of nitrogens with zero attached hydrogens (tertiary/aromatic N) is 3. The second-order valence-electron chi connectivity index (χ2n) is 4.15. The predicted molar refractivity (Wildman–Crippen MR) is 60.3 cm³/mol. The number of aromatic nitrogens is 3. The molecule has 0 bridgehead atoms. The van der Waals surface area contributed by atoms with Crippen molar-refractivity contribution in [3.63, 3.8) is 0 Å². The molecule has 0 unspecified atom stereocenters. The molecule has 0 saturated heterocycles. The Morgan fingerprint density at radius 2 is 2.47 bits per heavy atom. The summed E-state index contributed by atoms with van der Waals surface area (Å²) in [5.41, 5.74) is 2.35. The lowest BCUT2D eigenvalue weighted by atomic mass is 10.2. The molecule has 82 valence electrons. The van der Waals surface area contributed by atoms with Crippen LogP contribution in [0.1, 0.15) is 31.9 Å². The molecule has 0 spiro atoms. The van der Waals surface area contributed by atoms with E-state index < -0.39 is 0 Å². The lowest BCUT2D eigenvalue weighted by molar-refractivity contribution is 0.688. The van der Waals surface area contributed by atoms with Crippen molar-refractivity contribution in [2.24, 2.45) is 7.05 Å². The summed E-state index contributed by atoms with van der Waals surface area (Å²) in [4.78, 5) is 0. The van der Waals surface area contributed by atoms with E-state index in [1.54, 1.807) is 10.9 Å². The molecular weight excluding hydrogens is 188 g/mol. The van der Waals surface area contributed by atoms with Gasteiger partial charge < -0.3 is 5.32 Å².